The highest BCUT2D eigenvalue weighted by atomic mass is 16.5. The van der Waals surface area contributed by atoms with E-state index in [1.807, 2.05) is 10.6 Å². The molecule has 19 heavy (non-hydrogen) atoms. The van der Waals surface area contributed by atoms with Crippen LogP contribution in [0.3, 0.4) is 0 Å². The van der Waals surface area contributed by atoms with E-state index < -0.39 is 0 Å². The van der Waals surface area contributed by atoms with Crippen LogP contribution in [0, 0.1) is 0 Å². The van der Waals surface area contributed by atoms with Gasteiger partial charge in [-0.3, -0.25) is 4.40 Å². The number of hydrogen-bond acceptors (Lipinski definition) is 6. The zero-order chi connectivity index (χ0) is 13.1. The molecule has 0 saturated heterocycles. The molecular formula is C12H17N5O2. The van der Waals surface area contributed by atoms with E-state index >= 15 is 0 Å². The first kappa shape index (κ1) is 12.3. The summed E-state index contributed by atoms with van der Waals surface area (Å²) in [6.07, 6.45) is 6.04. The molecule has 0 spiro atoms. The van der Waals surface area contributed by atoms with Crippen molar-refractivity contribution in [2.45, 2.75) is 18.8 Å². The highest BCUT2D eigenvalue weighted by molar-refractivity contribution is 5.62. The predicted molar refractivity (Wildman–Crippen MR) is 69.2 cm³/mol. The van der Waals surface area contributed by atoms with Gasteiger partial charge in [-0.25, -0.2) is 4.98 Å². The zero-order valence-electron chi connectivity index (χ0n) is 10.6. The normalized spacial score (nSPS) is 15.0. The fraction of sp³-hybridized carbons (Fsp3) is 0.583. The number of nitrogens with one attached hydrogen (secondary N) is 1. The SMILES string of the molecule is OCCOCCNc1nccn2c(C3CC3)nnc12. The summed E-state index contributed by atoms with van der Waals surface area (Å²) in [6, 6.07) is 0. The van der Waals surface area contributed by atoms with E-state index in [-0.39, 0.29) is 6.61 Å². The number of nitrogens with zero attached hydrogens (tertiary/aromatic N) is 4. The lowest BCUT2D eigenvalue weighted by atomic mass is 10.4. The van der Waals surface area contributed by atoms with E-state index in [1.165, 1.54) is 12.8 Å². The highest BCUT2D eigenvalue weighted by Crippen LogP contribution is 2.39. The van der Waals surface area contributed by atoms with Crippen LogP contribution in [-0.2, 0) is 4.74 Å². The first-order valence-corrected chi connectivity index (χ1v) is 6.52. The Balaban J connectivity index is 1.69. The van der Waals surface area contributed by atoms with Crippen molar-refractivity contribution < 1.29 is 9.84 Å². The number of anilines is 1. The highest BCUT2D eigenvalue weighted by Gasteiger charge is 2.29. The van der Waals surface area contributed by atoms with Gasteiger partial charge in [-0.05, 0) is 12.8 Å². The summed E-state index contributed by atoms with van der Waals surface area (Å²) in [5, 5.41) is 20.2. The summed E-state index contributed by atoms with van der Waals surface area (Å²) in [4.78, 5) is 4.28. The van der Waals surface area contributed by atoms with Gasteiger partial charge < -0.3 is 15.2 Å². The molecule has 2 heterocycles. The molecule has 0 amide bonds. The topological polar surface area (TPSA) is 84.6 Å². The quantitative estimate of drug-likeness (QED) is 0.704. The molecule has 1 aliphatic rings. The van der Waals surface area contributed by atoms with Crippen LogP contribution in [-0.4, -0.2) is 51.1 Å². The van der Waals surface area contributed by atoms with Gasteiger partial charge >= 0.3 is 0 Å². The molecule has 2 aromatic heterocycles. The van der Waals surface area contributed by atoms with Gasteiger partial charge in [0, 0.05) is 24.9 Å². The third-order valence-corrected chi connectivity index (χ3v) is 3.07. The number of aliphatic hydroxyl groups is 1. The number of aromatic nitrogens is 4. The summed E-state index contributed by atoms with van der Waals surface area (Å²) >= 11 is 0. The average Bonchev–Trinajstić information content (AvgIpc) is 3.18. The molecule has 0 aromatic carbocycles. The van der Waals surface area contributed by atoms with Gasteiger partial charge in [-0.15, -0.1) is 10.2 Å². The number of fused-ring (bicyclic) bond motifs is 1. The third kappa shape index (κ3) is 2.66. The number of rotatable bonds is 7. The van der Waals surface area contributed by atoms with Gasteiger partial charge in [0.25, 0.3) is 0 Å². The lowest BCUT2D eigenvalue weighted by molar-refractivity contribution is 0.0992. The molecule has 2 N–H and O–H groups in total. The Morgan fingerprint density at radius 2 is 2.26 bits per heavy atom. The Hall–Kier alpha value is -1.73. The molecule has 1 saturated carbocycles. The summed E-state index contributed by atoms with van der Waals surface area (Å²) < 4.78 is 7.19. The van der Waals surface area contributed by atoms with Gasteiger partial charge in [0.2, 0.25) is 5.65 Å². The van der Waals surface area contributed by atoms with E-state index in [1.54, 1.807) is 6.20 Å². The molecule has 2 aromatic rings. The summed E-state index contributed by atoms with van der Waals surface area (Å²) in [6.45, 7) is 1.55. The van der Waals surface area contributed by atoms with Crippen molar-refractivity contribution >= 4 is 11.5 Å². The molecule has 0 bridgehead atoms. The second-order valence-electron chi connectivity index (χ2n) is 4.56. The molecule has 102 valence electrons. The van der Waals surface area contributed by atoms with Crippen molar-refractivity contribution in [1.29, 1.82) is 0 Å². The first-order valence-electron chi connectivity index (χ1n) is 6.52. The third-order valence-electron chi connectivity index (χ3n) is 3.07. The summed E-state index contributed by atoms with van der Waals surface area (Å²) in [5.41, 5.74) is 0.756. The van der Waals surface area contributed by atoms with Crippen molar-refractivity contribution in [3.63, 3.8) is 0 Å². The van der Waals surface area contributed by atoms with Crippen LogP contribution in [0.5, 0.6) is 0 Å². The molecule has 1 aliphatic carbocycles. The summed E-state index contributed by atoms with van der Waals surface area (Å²) in [5.74, 6) is 2.30. The molecule has 0 atom stereocenters. The van der Waals surface area contributed by atoms with Crippen LogP contribution in [0.15, 0.2) is 12.4 Å². The summed E-state index contributed by atoms with van der Waals surface area (Å²) in [7, 11) is 0. The van der Waals surface area contributed by atoms with Crippen molar-refractivity contribution in [3.05, 3.63) is 18.2 Å². The zero-order valence-corrected chi connectivity index (χ0v) is 10.6. The maximum atomic E-state index is 8.61. The van der Waals surface area contributed by atoms with Crippen molar-refractivity contribution in [2.24, 2.45) is 0 Å². The van der Waals surface area contributed by atoms with E-state index in [9.17, 15) is 0 Å². The van der Waals surface area contributed by atoms with Crippen molar-refractivity contribution in [2.75, 3.05) is 31.7 Å². The molecule has 0 aliphatic heterocycles. The maximum Gasteiger partial charge on any atom is 0.203 e. The van der Waals surface area contributed by atoms with Gasteiger partial charge in [-0.2, -0.15) is 0 Å². The Labute approximate surface area is 110 Å². The second-order valence-corrected chi connectivity index (χ2v) is 4.56. The Kier molecular flexibility index (Phi) is 3.56. The molecule has 0 unspecified atom stereocenters. The lowest BCUT2D eigenvalue weighted by Gasteiger charge is -2.06. The predicted octanol–water partition coefficient (Wildman–Crippen LogP) is 0.422. The van der Waals surface area contributed by atoms with E-state index in [0.717, 1.165) is 17.3 Å². The van der Waals surface area contributed by atoms with E-state index in [0.29, 0.717) is 25.7 Å². The van der Waals surface area contributed by atoms with Crippen LogP contribution < -0.4 is 5.32 Å². The Morgan fingerprint density at radius 1 is 1.37 bits per heavy atom. The Morgan fingerprint density at radius 3 is 3.05 bits per heavy atom. The van der Waals surface area contributed by atoms with Crippen LogP contribution in [0.2, 0.25) is 0 Å². The molecule has 1 fully saturated rings. The maximum absolute atomic E-state index is 8.61. The second kappa shape index (κ2) is 5.50. The standard InChI is InChI=1S/C12H17N5O2/c18-6-8-19-7-4-14-10-12-16-15-11(9-1-2-9)17(12)5-3-13-10/h3,5,9,18H,1-2,4,6-8H2,(H,13,14). The van der Waals surface area contributed by atoms with Gasteiger partial charge in [0.05, 0.1) is 19.8 Å². The fourth-order valence-electron chi connectivity index (χ4n) is 2.00. The van der Waals surface area contributed by atoms with Gasteiger partial charge in [-0.1, -0.05) is 0 Å². The monoisotopic (exact) mass is 263 g/mol. The van der Waals surface area contributed by atoms with Crippen LogP contribution in [0.4, 0.5) is 5.82 Å². The van der Waals surface area contributed by atoms with E-state index in [2.05, 4.69) is 20.5 Å². The number of ether oxygens (including phenoxy) is 1. The number of hydrogen-bond donors (Lipinski definition) is 2. The molecule has 7 heteroatoms. The lowest BCUT2D eigenvalue weighted by Crippen LogP contribution is -2.13. The molecule has 7 nitrogen and oxygen atoms in total. The number of aliphatic hydroxyl groups excluding tert-OH is 1. The van der Waals surface area contributed by atoms with Gasteiger partial charge in [0.1, 0.15) is 5.82 Å². The van der Waals surface area contributed by atoms with E-state index in [4.69, 9.17) is 9.84 Å². The fourth-order valence-corrected chi connectivity index (χ4v) is 2.00. The molecule has 0 radical (unpaired) electrons. The van der Waals surface area contributed by atoms with Crippen LogP contribution >= 0.6 is 0 Å². The minimum atomic E-state index is 0.0444. The largest absolute Gasteiger partial charge is 0.394 e. The Bertz CT molecular complexity index is 552. The van der Waals surface area contributed by atoms with Crippen molar-refractivity contribution in [3.8, 4) is 0 Å². The average molecular weight is 263 g/mol. The smallest absolute Gasteiger partial charge is 0.203 e. The minimum Gasteiger partial charge on any atom is -0.394 e. The van der Waals surface area contributed by atoms with Crippen LogP contribution in [0.1, 0.15) is 24.6 Å². The van der Waals surface area contributed by atoms with Gasteiger partial charge in [0.15, 0.2) is 5.82 Å². The molecular weight excluding hydrogens is 246 g/mol. The first-order chi connectivity index (χ1) is 9.40. The minimum absolute atomic E-state index is 0.0444. The van der Waals surface area contributed by atoms with Crippen molar-refractivity contribution in [1.82, 2.24) is 19.6 Å². The van der Waals surface area contributed by atoms with Crippen LogP contribution in [0.25, 0.3) is 5.65 Å². The molecule has 3 rings (SSSR count).